The number of aliphatic hydroxyl groups excluding tert-OH is 1. The van der Waals surface area contributed by atoms with Crippen molar-refractivity contribution in [1.82, 2.24) is 0 Å². The Labute approximate surface area is 136 Å². The lowest BCUT2D eigenvalue weighted by Crippen LogP contribution is -2.48. The van der Waals surface area contributed by atoms with Gasteiger partial charge in [0.15, 0.2) is 0 Å². The molecule has 0 bridgehead atoms. The van der Waals surface area contributed by atoms with Crippen LogP contribution in [0.1, 0.15) is 49.7 Å². The van der Waals surface area contributed by atoms with Crippen LogP contribution in [0.4, 0.5) is 0 Å². The van der Waals surface area contributed by atoms with Crippen molar-refractivity contribution in [3.05, 3.63) is 29.3 Å². The van der Waals surface area contributed by atoms with Gasteiger partial charge in [0.05, 0.1) is 12.0 Å². The number of aliphatic carboxylic acids is 1. The van der Waals surface area contributed by atoms with Gasteiger partial charge in [-0.05, 0) is 78.5 Å². The van der Waals surface area contributed by atoms with Gasteiger partial charge in [-0.15, -0.1) is 0 Å². The number of hydrogen-bond donors (Lipinski definition) is 3. The lowest BCUT2D eigenvalue weighted by molar-refractivity contribution is -0.148. The first-order valence-electron chi connectivity index (χ1n) is 8.64. The number of aromatic hydroxyl groups is 1. The second-order valence-electron chi connectivity index (χ2n) is 7.96. The lowest BCUT2D eigenvalue weighted by atomic mass is 9.52. The summed E-state index contributed by atoms with van der Waals surface area (Å²) in [5, 5.41) is 30.0. The predicted octanol–water partition coefficient (Wildman–Crippen LogP) is 2.92. The maximum Gasteiger partial charge on any atom is 0.307 e. The van der Waals surface area contributed by atoms with Crippen molar-refractivity contribution in [2.45, 2.75) is 51.0 Å². The fourth-order valence-corrected chi connectivity index (χ4v) is 5.85. The lowest BCUT2D eigenvalue weighted by Gasteiger charge is -2.52. The molecule has 0 amide bonds. The van der Waals surface area contributed by atoms with E-state index in [9.17, 15) is 20.1 Å². The van der Waals surface area contributed by atoms with Crippen molar-refractivity contribution in [3.8, 4) is 5.75 Å². The van der Waals surface area contributed by atoms with E-state index < -0.39 is 11.9 Å². The van der Waals surface area contributed by atoms with E-state index >= 15 is 0 Å². The highest BCUT2D eigenvalue weighted by Gasteiger charge is 2.57. The van der Waals surface area contributed by atoms with E-state index in [4.69, 9.17) is 0 Å². The van der Waals surface area contributed by atoms with E-state index in [0.717, 1.165) is 31.2 Å². The van der Waals surface area contributed by atoms with Crippen LogP contribution in [-0.4, -0.2) is 27.4 Å². The summed E-state index contributed by atoms with van der Waals surface area (Å²) in [4.78, 5) is 12.0. The van der Waals surface area contributed by atoms with Gasteiger partial charge >= 0.3 is 5.97 Å². The number of carbonyl (C=O) groups is 1. The third-order valence-corrected chi connectivity index (χ3v) is 7.03. The van der Waals surface area contributed by atoms with Gasteiger partial charge in [-0.2, -0.15) is 0 Å². The molecule has 124 valence electrons. The second kappa shape index (κ2) is 4.97. The molecule has 3 aliphatic carbocycles. The Kier molecular flexibility index (Phi) is 3.24. The van der Waals surface area contributed by atoms with E-state index in [1.165, 1.54) is 5.56 Å². The average Bonchev–Trinajstić information content (AvgIpc) is 2.81. The third-order valence-electron chi connectivity index (χ3n) is 7.03. The summed E-state index contributed by atoms with van der Waals surface area (Å²) >= 11 is 0. The van der Waals surface area contributed by atoms with Crippen LogP contribution in [-0.2, 0) is 11.2 Å². The largest absolute Gasteiger partial charge is 0.508 e. The van der Waals surface area contributed by atoms with E-state index in [1.54, 1.807) is 12.1 Å². The Morgan fingerprint density at radius 2 is 2.04 bits per heavy atom. The van der Waals surface area contributed by atoms with Crippen LogP contribution in [0.15, 0.2) is 18.2 Å². The number of carboxylic acid groups (broad SMARTS) is 1. The molecule has 3 aliphatic rings. The molecule has 1 aromatic carbocycles. The first-order valence-corrected chi connectivity index (χ1v) is 8.64. The molecule has 4 heteroatoms. The zero-order valence-electron chi connectivity index (χ0n) is 13.4. The highest BCUT2D eigenvalue weighted by molar-refractivity contribution is 5.72. The van der Waals surface area contributed by atoms with Crippen LogP contribution >= 0.6 is 0 Å². The first kappa shape index (κ1) is 15.0. The summed E-state index contributed by atoms with van der Waals surface area (Å²) in [6.45, 7) is 2.15. The number of aliphatic hydroxyl groups is 1. The molecule has 0 aromatic heterocycles. The monoisotopic (exact) mass is 316 g/mol. The normalized spacial score (nSPS) is 41.7. The minimum Gasteiger partial charge on any atom is -0.508 e. The van der Waals surface area contributed by atoms with Crippen LogP contribution in [0.5, 0.6) is 5.75 Å². The molecule has 0 spiro atoms. The number of fused-ring (bicyclic) bond motifs is 5. The summed E-state index contributed by atoms with van der Waals surface area (Å²) in [7, 11) is 0. The van der Waals surface area contributed by atoms with Crippen molar-refractivity contribution in [2.75, 3.05) is 0 Å². The first-order chi connectivity index (χ1) is 10.9. The van der Waals surface area contributed by atoms with Crippen LogP contribution in [0, 0.1) is 23.2 Å². The van der Waals surface area contributed by atoms with Gasteiger partial charge < -0.3 is 15.3 Å². The quantitative estimate of drug-likeness (QED) is 0.744. The van der Waals surface area contributed by atoms with Crippen molar-refractivity contribution in [2.24, 2.45) is 23.2 Å². The Hall–Kier alpha value is -1.55. The summed E-state index contributed by atoms with van der Waals surface area (Å²) in [6, 6.07) is 5.43. The smallest absolute Gasteiger partial charge is 0.307 e. The van der Waals surface area contributed by atoms with Gasteiger partial charge in [-0.3, -0.25) is 4.79 Å². The molecule has 0 heterocycles. The van der Waals surface area contributed by atoms with Gasteiger partial charge in [0.25, 0.3) is 0 Å². The van der Waals surface area contributed by atoms with E-state index in [2.05, 4.69) is 6.92 Å². The Balaban J connectivity index is 1.81. The number of carboxylic acids is 1. The predicted molar refractivity (Wildman–Crippen MR) is 85.2 cm³/mol. The van der Waals surface area contributed by atoms with Gasteiger partial charge in [-0.25, -0.2) is 0 Å². The summed E-state index contributed by atoms with van der Waals surface area (Å²) < 4.78 is 0. The molecule has 4 nitrogen and oxygen atoms in total. The highest BCUT2D eigenvalue weighted by atomic mass is 16.4. The zero-order valence-corrected chi connectivity index (χ0v) is 13.4. The maximum atomic E-state index is 12.0. The number of benzene rings is 1. The van der Waals surface area contributed by atoms with Crippen LogP contribution < -0.4 is 0 Å². The molecule has 2 fully saturated rings. The molecule has 1 aromatic rings. The Morgan fingerprint density at radius 1 is 1.26 bits per heavy atom. The number of phenols is 1. The SMILES string of the molecule is C[C@]12CC[C@H]3c4ccc(O)cc4C[C@@H](C(=O)O)[C@H]3[C@@H]1CC[C@@H]2O. The van der Waals surface area contributed by atoms with Gasteiger partial charge in [-0.1, -0.05) is 13.0 Å². The molecule has 23 heavy (non-hydrogen) atoms. The summed E-state index contributed by atoms with van der Waals surface area (Å²) in [5.74, 6) is -0.323. The van der Waals surface area contributed by atoms with Crippen LogP contribution in [0.3, 0.4) is 0 Å². The van der Waals surface area contributed by atoms with Gasteiger partial charge in [0, 0.05) is 0 Å². The average molecular weight is 316 g/mol. The molecule has 0 radical (unpaired) electrons. The van der Waals surface area contributed by atoms with Gasteiger partial charge in [0.2, 0.25) is 0 Å². The fraction of sp³-hybridized carbons (Fsp3) is 0.632. The molecule has 0 unspecified atom stereocenters. The van der Waals surface area contributed by atoms with E-state index in [0.29, 0.717) is 6.42 Å². The Morgan fingerprint density at radius 3 is 2.78 bits per heavy atom. The zero-order chi connectivity index (χ0) is 16.4. The molecular weight excluding hydrogens is 292 g/mol. The highest BCUT2D eigenvalue weighted by Crippen LogP contribution is 2.62. The van der Waals surface area contributed by atoms with Crippen LogP contribution in [0.2, 0.25) is 0 Å². The van der Waals surface area contributed by atoms with Gasteiger partial charge in [0.1, 0.15) is 5.75 Å². The molecule has 2 saturated carbocycles. The van der Waals surface area contributed by atoms with E-state index in [1.807, 2.05) is 6.07 Å². The minimum atomic E-state index is -0.736. The number of rotatable bonds is 1. The molecule has 6 atom stereocenters. The Bertz CT molecular complexity index is 655. The van der Waals surface area contributed by atoms with Crippen molar-refractivity contribution < 1.29 is 20.1 Å². The number of phenolic OH excluding ortho intramolecular Hbond substituents is 1. The summed E-state index contributed by atoms with van der Waals surface area (Å²) in [5.41, 5.74) is 2.07. The van der Waals surface area contributed by atoms with Crippen LogP contribution in [0.25, 0.3) is 0 Å². The van der Waals surface area contributed by atoms with E-state index in [-0.39, 0.29) is 35.0 Å². The number of hydrogen-bond acceptors (Lipinski definition) is 3. The fourth-order valence-electron chi connectivity index (χ4n) is 5.85. The van der Waals surface area contributed by atoms with Crippen molar-refractivity contribution in [3.63, 3.8) is 0 Å². The van der Waals surface area contributed by atoms with Crippen molar-refractivity contribution in [1.29, 1.82) is 0 Å². The third kappa shape index (κ3) is 2.04. The molecule has 0 saturated heterocycles. The minimum absolute atomic E-state index is 0.0976. The molecule has 0 aliphatic heterocycles. The molecular formula is C19H24O4. The topological polar surface area (TPSA) is 77.8 Å². The summed E-state index contributed by atoms with van der Waals surface area (Å²) in [6.07, 6.45) is 3.78. The second-order valence-corrected chi connectivity index (χ2v) is 7.96. The molecule has 3 N–H and O–H groups in total. The molecule has 4 rings (SSSR count). The van der Waals surface area contributed by atoms with Crippen molar-refractivity contribution >= 4 is 5.97 Å². The maximum absolute atomic E-state index is 12.0. The standard InChI is InChI=1S/C19H24O4/c1-19-7-6-13-12-3-2-11(20)8-10(12)9-14(18(22)23)17(13)15(19)4-5-16(19)21/h2-3,8,13-17,20-21H,4-7,9H2,1H3,(H,22,23)/t13-,14+,15-,16-,17-,19-/m0/s1.